The van der Waals surface area contributed by atoms with Crippen LogP contribution in [-0.4, -0.2) is 30.2 Å². The van der Waals surface area contributed by atoms with Gasteiger partial charge < -0.3 is 9.72 Å². The molecule has 0 bridgehead atoms. The van der Waals surface area contributed by atoms with Gasteiger partial charge in [0.05, 0.1) is 17.9 Å². The maximum atomic E-state index is 4.87. The van der Waals surface area contributed by atoms with Gasteiger partial charge in [0.2, 0.25) is 0 Å². The van der Waals surface area contributed by atoms with E-state index in [1.165, 1.54) is 5.69 Å². The minimum Gasteiger partial charge on any atom is -0.306 e. The van der Waals surface area contributed by atoms with Crippen molar-refractivity contribution in [3.8, 4) is 11.3 Å². The predicted molar refractivity (Wildman–Crippen MR) is 99.6 cm³/mol. The molecule has 0 aliphatic carbocycles. The summed E-state index contributed by atoms with van der Waals surface area (Å²) in [4.78, 5) is 9.18. The van der Waals surface area contributed by atoms with Gasteiger partial charge in [0, 0.05) is 30.8 Å². The second kappa shape index (κ2) is 6.38. The highest BCUT2D eigenvalue weighted by molar-refractivity contribution is 5.66. The van der Waals surface area contributed by atoms with Crippen LogP contribution in [0.3, 0.4) is 0 Å². The largest absolute Gasteiger partial charge is 0.306 e. The summed E-state index contributed by atoms with van der Waals surface area (Å²) in [5, 5.41) is 8.02. The molecule has 0 unspecified atom stereocenters. The fraction of sp³-hybridized carbons (Fsp3) is 0.250. The number of aromatic nitrogens is 5. The Balaban J connectivity index is 1.45. The van der Waals surface area contributed by atoms with Crippen molar-refractivity contribution < 1.29 is 0 Å². The van der Waals surface area contributed by atoms with E-state index in [2.05, 4.69) is 62.4 Å². The highest BCUT2D eigenvalue weighted by Gasteiger charge is 2.21. The van der Waals surface area contributed by atoms with Crippen LogP contribution in [0.5, 0.6) is 0 Å². The number of benzene rings is 1. The maximum absolute atomic E-state index is 4.87. The van der Waals surface area contributed by atoms with Crippen molar-refractivity contribution in [1.82, 2.24) is 29.5 Å². The summed E-state index contributed by atoms with van der Waals surface area (Å²) in [6.07, 6.45) is 5.78. The number of hydrogen-bond acceptors (Lipinski definition) is 4. The van der Waals surface area contributed by atoms with Gasteiger partial charge in [-0.15, -0.1) is 0 Å². The van der Waals surface area contributed by atoms with E-state index >= 15 is 0 Å². The molecule has 6 heteroatoms. The molecule has 4 heterocycles. The lowest BCUT2D eigenvalue weighted by Crippen LogP contribution is -2.37. The minimum absolute atomic E-state index is 0.391. The molecule has 1 N–H and O–H groups in total. The molecular formula is C20H20N6. The fourth-order valence-electron chi connectivity index (χ4n) is 3.69. The van der Waals surface area contributed by atoms with Gasteiger partial charge in [0.1, 0.15) is 17.8 Å². The molecule has 6 nitrogen and oxygen atoms in total. The molecule has 3 aromatic heterocycles. The molecule has 0 saturated carbocycles. The molecule has 26 heavy (non-hydrogen) atoms. The second-order valence-electron chi connectivity index (χ2n) is 6.68. The molecule has 1 atom stereocenters. The highest BCUT2D eigenvalue weighted by atomic mass is 15.3. The number of imidazole rings is 1. The van der Waals surface area contributed by atoms with Crippen molar-refractivity contribution in [3.05, 3.63) is 72.6 Å². The summed E-state index contributed by atoms with van der Waals surface area (Å²) in [5.41, 5.74) is 4.36. The van der Waals surface area contributed by atoms with Gasteiger partial charge in [0.25, 0.3) is 0 Å². The standard InChI is InChI=1S/C20H20N6/c1-2-6-15(7-3-1)20-17(25-11-5-4-8-19(25)24-20)12-21-16-9-10-18-22-14-23-26(18)13-16/h1-8,11,14,16,21H,9-10,12-13H2/t16-/m1/s1. The van der Waals surface area contributed by atoms with E-state index in [9.17, 15) is 0 Å². The Morgan fingerprint density at radius 1 is 1.08 bits per heavy atom. The Hall–Kier alpha value is -2.99. The van der Waals surface area contributed by atoms with Gasteiger partial charge in [-0.05, 0) is 18.6 Å². The topological polar surface area (TPSA) is 60.0 Å². The molecule has 0 fully saturated rings. The molecule has 130 valence electrons. The molecule has 5 rings (SSSR count). The van der Waals surface area contributed by atoms with Gasteiger partial charge in [0.15, 0.2) is 0 Å². The average Bonchev–Trinajstić information content (AvgIpc) is 3.31. The number of rotatable bonds is 4. The first kappa shape index (κ1) is 15.3. The lowest BCUT2D eigenvalue weighted by atomic mass is 10.1. The Kier molecular flexibility index (Phi) is 3.75. The Morgan fingerprint density at radius 3 is 2.88 bits per heavy atom. The van der Waals surface area contributed by atoms with Gasteiger partial charge in [-0.1, -0.05) is 36.4 Å². The van der Waals surface area contributed by atoms with Crippen molar-refractivity contribution in [2.45, 2.75) is 32.0 Å². The fourth-order valence-corrected chi connectivity index (χ4v) is 3.69. The summed E-state index contributed by atoms with van der Waals surface area (Å²) in [6.45, 7) is 1.64. The maximum Gasteiger partial charge on any atom is 0.138 e. The zero-order chi connectivity index (χ0) is 17.3. The zero-order valence-corrected chi connectivity index (χ0v) is 14.4. The number of nitrogens with zero attached hydrogens (tertiary/aromatic N) is 5. The summed E-state index contributed by atoms with van der Waals surface area (Å²) in [5.74, 6) is 1.09. The minimum atomic E-state index is 0.391. The first-order valence-corrected chi connectivity index (χ1v) is 9.00. The first-order chi connectivity index (χ1) is 12.9. The molecular weight excluding hydrogens is 324 g/mol. The van der Waals surface area contributed by atoms with E-state index < -0.39 is 0 Å². The molecule has 0 radical (unpaired) electrons. The lowest BCUT2D eigenvalue weighted by Gasteiger charge is -2.23. The average molecular weight is 344 g/mol. The van der Waals surface area contributed by atoms with Crippen molar-refractivity contribution in [3.63, 3.8) is 0 Å². The number of hydrogen-bond donors (Lipinski definition) is 1. The van der Waals surface area contributed by atoms with E-state index in [0.29, 0.717) is 6.04 Å². The van der Waals surface area contributed by atoms with Crippen LogP contribution >= 0.6 is 0 Å². The molecule has 1 aromatic carbocycles. The van der Waals surface area contributed by atoms with Crippen LogP contribution in [0.4, 0.5) is 0 Å². The zero-order valence-electron chi connectivity index (χ0n) is 14.4. The summed E-state index contributed by atoms with van der Waals surface area (Å²) in [6, 6.07) is 16.9. The Bertz CT molecular complexity index is 1030. The predicted octanol–water partition coefficient (Wildman–Crippen LogP) is 2.70. The van der Waals surface area contributed by atoms with E-state index in [-0.39, 0.29) is 0 Å². The molecule has 0 spiro atoms. The van der Waals surface area contributed by atoms with Crippen molar-refractivity contribution in [1.29, 1.82) is 0 Å². The number of pyridine rings is 1. The van der Waals surface area contributed by atoms with Crippen LogP contribution in [0.1, 0.15) is 17.9 Å². The van der Waals surface area contributed by atoms with Crippen LogP contribution in [-0.2, 0) is 19.5 Å². The van der Waals surface area contributed by atoms with Crippen LogP contribution in [0.2, 0.25) is 0 Å². The first-order valence-electron chi connectivity index (χ1n) is 9.00. The summed E-state index contributed by atoms with van der Waals surface area (Å²) >= 11 is 0. The van der Waals surface area contributed by atoms with Crippen molar-refractivity contribution in [2.24, 2.45) is 0 Å². The summed E-state index contributed by atoms with van der Waals surface area (Å²) in [7, 11) is 0. The quantitative estimate of drug-likeness (QED) is 0.618. The van der Waals surface area contributed by atoms with Crippen LogP contribution in [0.15, 0.2) is 61.1 Å². The Morgan fingerprint density at radius 2 is 1.96 bits per heavy atom. The van der Waals surface area contributed by atoms with Crippen molar-refractivity contribution >= 4 is 5.65 Å². The van der Waals surface area contributed by atoms with E-state index in [1.54, 1.807) is 6.33 Å². The van der Waals surface area contributed by atoms with Gasteiger partial charge in [-0.25, -0.2) is 14.6 Å². The second-order valence-corrected chi connectivity index (χ2v) is 6.68. The highest BCUT2D eigenvalue weighted by Crippen LogP contribution is 2.24. The number of aryl methyl sites for hydroxylation is 1. The van der Waals surface area contributed by atoms with E-state index in [4.69, 9.17) is 4.98 Å². The SMILES string of the molecule is c1ccc(-c2nc3ccccn3c2CN[C@@H]2CCc3ncnn3C2)cc1. The monoisotopic (exact) mass is 344 g/mol. The Labute approximate surface area is 151 Å². The van der Waals surface area contributed by atoms with Gasteiger partial charge >= 0.3 is 0 Å². The van der Waals surface area contributed by atoms with E-state index in [0.717, 1.165) is 48.7 Å². The van der Waals surface area contributed by atoms with Gasteiger partial charge in [-0.3, -0.25) is 0 Å². The molecule has 1 aliphatic rings. The third-order valence-corrected chi connectivity index (χ3v) is 5.04. The molecule has 4 aromatic rings. The third kappa shape index (κ3) is 2.68. The van der Waals surface area contributed by atoms with Crippen LogP contribution in [0.25, 0.3) is 16.9 Å². The number of fused-ring (bicyclic) bond motifs is 2. The number of nitrogens with one attached hydrogen (secondary N) is 1. The van der Waals surface area contributed by atoms with Crippen LogP contribution < -0.4 is 5.32 Å². The van der Waals surface area contributed by atoms with E-state index in [1.807, 2.05) is 16.8 Å². The lowest BCUT2D eigenvalue weighted by molar-refractivity contribution is 0.356. The molecule has 0 amide bonds. The summed E-state index contributed by atoms with van der Waals surface area (Å²) < 4.78 is 4.19. The molecule has 1 aliphatic heterocycles. The van der Waals surface area contributed by atoms with Gasteiger partial charge in [-0.2, -0.15) is 5.10 Å². The normalized spacial score (nSPS) is 16.7. The third-order valence-electron chi connectivity index (χ3n) is 5.04. The van der Waals surface area contributed by atoms with Crippen molar-refractivity contribution in [2.75, 3.05) is 0 Å². The van der Waals surface area contributed by atoms with Crippen LogP contribution in [0, 0.1) is 0 Å². The molecule has 0 saturated heterocycles. The smallest absolute Gasteiger partial charge is 0.138 e.